The molecule has 0 saturated heterocycles. The van der Waals surface area contributed by atoms with E-state index in [0.717, 1.165) is 43.5 Å². The fourth-order valence-corrected chi connectivity index (χ4v) is 2.77. The van der Waals surface area contributed by atoms with Crippen molar-refractivity contribution in [2.24, 2.45) is 0 Å². The molecule has 0 bridgehead atoms. The maximum absolute atomic E-state index is 6.06. The lowest BCUT2D eigenvalue weighted by Crippen LogP contribution is -2.18. The molecular formula is C14H22ClNO2S. The summed E-state index contributed by atoms with van der Waals surface area (Å²) in [6, 6.07) is 6.06. The molecule has 0 unspecified atom stereocenters. The summed E-state index contributed by atoms with van der Waals surface area (Å²) in [5.74, 6) is 1.06. The largest absolute Gasteiger partial charge is 0.385 e. The molecule has 0 spiro atoms. The molecule has 0 atom stereocenters. The van der Waals surface area contributed by atoms with E-state index in [9.17, 15) is 0 Å². The molecule has 108 valence electrons. The molecule has 0 aliphatic heterocycles. The summed E-state index contributed by atoms with van der Waals surface area (Å²) >= 11 is 7.91. The van der Waals surface area contributed by atoms with Crippen molar-refractivity contribution in [1.29, 1.82) is 0 Å². The highest BCUT2D eigenvalue weighted by atomic mass is 35.5. The Hall–Kier alpha value is -0.260. The van der Waals surface area contributed by atoms with Crippen molar-refractivity contribution < 1.29 is 9.47 Å². The Morgan fingerprint density at radius 1 is 1.21 bits per heavy atom. The maximum Gasteiger partial charge on any atom is 0.0587 e. The quantitative estimate of drug-likeness (QED) is 0.531. The average molecular weight is 304 g/mol. The van der Waals surface area contributed by atoms with Gasteiger partial charge in [0.25, 0.3) is 0 Å². The third-order valence-electron chi connectivity index (χ3n) is 2.57. The number of thioether (sulfide) groups is 1. The van der Waals surface area contributed by atoms with Crippen LogP contribution in [0.3, 0.4) is 0 Å². The lowest BCUT2D eigenvalue weighted by Gasteiger charge is -2.11. The Morgan fingerprint density at radius 3 is 2.74 bits per heavy atom. The monoisotopic (exact) mass is 303 g/mol. The van der Waals surface area contributed by atoms with Gasteiger partial charge in [-0.25, -0.2) is 0 Å². The van der Waals surface area contributed by atoms with Gasteiger partial charge in [0.1, 0.15) is 0 Å². The van der Waals surface area contributed by atoms with E-state index in [-0.39, 0.29) is 0 Å². The summed E-state index contributed by atoms with van der Waals surface area (Å²) in [6.07, 6.45) is 1.06. The second-order valence-corrected chi connectivity index (χ2v) is 5.69. The Kier molecular flexibility index (Phi) is 9.30. The van der Waals surface area contributed by atoms with Crippen LogP contribution in [0.4, 0.5) is 0 Å². The summed E-state index contributed by atoms with van der Waals surface area (Å²) in [5.41, 5.74) is 1.24. The van der Waals surface area contributed by atoms with Crippen LogP contribution in [-0.2, 0) is 16.0 Å². The van der Waals surface area contributed by atoms with Crippen LogP contribution in [0.25, 0.3) is 0 Å². The number of ether oxygens (including phenoxy) is 2. The molecule has 0 heterocycles. The van der Waals surface area contributed by atoms with Crippen LogP contribution in [0, 0.1) is 0 Å². The summed E-state index contributed by atoms with van der Waals surface area (Å²) in [4.78, 5) is 1.28. The first-order valence-electron chi connectivity index (χ1n) is 6.37. The van der Waals surface area contributed by atoms with E-state index in [1.165, 1.54) is 10.5 Å². The van der Waals surface area contributed by atoms with Crippen molar-refractivity contribution in [3.63, 3.8) is 0 Å². The minimum absolute atomic E-state index is 0.719. The van der Waals surface area contributed by atoms with Crippen molar-refractivity contribution in [3.05, 3.63) is 28.8 Å². The van der Waals surface area contributed by atoms with E-state index in [4.69, 9.17) is 21.1 Å². The van der Waals surface area contributed by atoms with Crippen molar-refractivity contribution in [3.8, 4) is 0 Å². The number of hydrogen-bond acceptors (Lipinski definition) is 4. The van der Waals surface area contributed by atoms with E-state index in [2.05, 4.69) is 11.4 Å². The smallest absolute Gasteiger partial charge is 0.0587 e. The normalized spacial score (nSPS) is 10.9. The van der Waals surface area contributed by atoms with Gasteiger partial charge in [-0.3, -0.25) is 0 Å². The maximum atomic E-state index is 6.06. The highest BCUT2D eigenvalue weighted by Gasteiger charge is 2.04. The minimum Gasteiger partial charge on any atom is -0.385 e. The van der Waals surface area contributed by atoms with Gasteiger partial charge in [-0.05, 0) is 30.2 Å². The van der Waals surface area contributed by atoms with E-state index in [1.54, 1.807) is 14.2 Å². The molecule has 1 N–H and O–H groups in total. The van der Waals surface area contributed by atoms with Crippen LogP contribution < -0.4 is 5.32 Å². The number of methoxy groups -OCH3 is 2. The second kappa shape index (κ2) is 10.5. The number of hydrogen-bond donors (Lipinski definition) is 1. The van der Waals surface area contributed by atoms with E-state index in [0.29, 0.717) is 0 Å². The van der Waals surface area contributed by atoms with Gasteiger partial charge in [-0.2, -0.15) is 0 Å². The molecule has 1 aromatic carbocycles. The summed E-state index contributed by atoms with van der Waals surface area (Å²) in [6.45, 7) is 3.19. The van der Waals surface area contributed by atoms with Gasteiger partial charge < -0.3 is 14.8 Å². The molecule has 19 heavy (non-hydrogen) atoms. The number of halogens is 1. The van der Waals surface area contributed by atoms with Crippen molar-refractivity contribution in [2.75, 3.05) is 39.7 Å². The third-order valence-corrected chi connectivity index (χ3v) is 4.01. The molecule has 0 aromatic heterocycles. The zero-order valence-corrected chi connectivity index (χ0v) is 13.1. The molecule has 0 aliphatic rings. The predicted octanol–water partition coefficient (Wildman–Crippen LogP) is 3.20. The van der Waals surface area contributed by atoms with Crippen molar-refractivity contribution >= 4 is 23.4 Å². The van der Waals surface area contributed by atoms with Crippen LogP contribution in [0.2, 0.25) is 5.02 Å². The zero-order chi connectivity index (χ0) is 13.9. The fourth-order valence-electron chi connectivity index (χ4n) is 1.61. The second-order valence-electron chi connectivity index (χ2n) is 4.12. The molecule has 3 nitrogen and oxygen atoms in total. The molecule has 1 rings (SSSR count). The number of rotatable bonds is 10. The van der Waals surface area contributed by atoms with Crippen LogP contribution in [-0.4, -0.2) is 39.7 Å². The number of nitrogens with one attached hydrogen (secondary N) is 1. The van der Waals surface area contributed by atoms with Crippen LogP contribution in [0.1, 0.15) is 12.0 Å². The molecule has 5 heteroatoms. The van der Waals surface area contributed by atoms with Crippen LogP contribution >= 0.6 is 23.4 Å². The van der Waals surface area contributed by atoms with E-state index >= 15 is 0 Å². The highest BCUT2D eigenvalue weighted by molar-refractivity contribution is 7.99. The lowest BCUT2D eigenvalue weighted by molar-refractivity contribution is 0.199. The Bertz CT molecular complexity index is 363. The van der Waals surface area contributed by atoms with Gasteiger partial charge in [0.05, 0.1) is 6.61 Å². The standard InChI is InChI=1S/C14H22ClNO2S/c1-17-7-3-9-19-14-5-4-13(15)10-12(14)11-16-6-8-18-2/h4-5,10,16H,3,6-9,11H2,1-2H3. The third kappa shape index (κ3) is 7.18. The molecule has 0 radical (unpaired) electrons. The Morgan fingerprint density at radius 2 is 2.00 bits per heavy atom. The fraction of sp³-hybridized carbons (Fsp3) is 0.571. The van der Waals surface area contributed by atoms with Gasteiger partial charge >= 0.3 is 0 Å². The molecule has 0 fully saturated rings. The summed E-state index contributed by atoms with van der Waals surface area (Å²) < 4.78 is 10.1. The Labute approximate surface area is 125 Å². The van der Waals surface area contributed by atoms with Gasteiger partial charge in [-0.1, -0.05) is 11.6 Å². The molecular weight excluding hydrogens is 282 g/mol. The van der Waals surface area contributed by atoms with Crippen molar-refractivity contribution in [1.82, 2.24) is 5.32 Å². The summed E-state index contributed by atoms with van der Waals surface area (Å²) in [5, 5.41) is 4.13. The first-order chi connectivity index (χ1) is 9.27. The first-order valence-corrected chi connectivity index (χ1v) is 7.74. The van der Waals surface area contributed by atoms with Crippen LogP contribution in [0.15, 0.2) is 23.1 Å². The van der Waals surface area contributed by atoms with Crippen LogP contribution in [0.5, 0.6) is 0 Å². The molecule has 0 aliphatic carbocycles. The Balaban J connectivity index is 2.48. The SMILES string of the molecule is COCCCSc1ccc(Cl)cc1CNCCOC. The first kappa shape index (κ1) is 16.8. The molecule has 1 aromatic rings. The lowest BCUT2D eigenvalue weighted by atomic mass is 10.2. The molecule has 0 saturated carbocycles. The predicted molar refractivity (Wildman–Crippen MR) is 82.3 cm³/mol. The van der Waals surface area contributed by atoms with E-state index in [1.807, 2.05) is 23.9 Å². The van der Waals surface area contributed by atoms with Gasteiger partial charge in [0, 0.05) is 49.6 Å². The van der Waals surface area contributed by atoms with Crippen molar-refractivity contribution in [2.45, 2.75) is 17.9 Å². The minimum atomic E-state index is 0.719. The van der Waals surface area contributed by atoms with E-state index < -0.39 is 0 Å². The van der Waals surface area contributed by atoms with Gasteiger partial charge in [-0.15, -0.1) is 11.8 Å². The topological polar surface area (TPSA) is 30.5 Å². The zero-order valence-electron chi connectivity index (χ0n) is 11.6. The van der Waals surface area contributed by atoms with Gasteiger partial charge in [0.15, 0.2) is 0 Å². The highest BCUT2D eigenvalue weighted by Crippen LogP contribution is 2.26. The van der Waals surface area contributed by atoms with Gasteiger partial charge in [0.2, 0.25) is 0 Å². The average Bonchev–Trinajstić information content (AvgIpc) is 2.41. The molecule has 0 amide bonds. The number of benzene rings is 1. The summed E-state index contributed by atoms with van der Waals surface area (Å²) in [7, 11) is 3.44.